The SMILES string of the molecule is CO[C@]1(C)C[C@@H](C)C(=N)[C@H](C)[C@@H](O)[C@](C)(I)[C@@H](C)OC(=O)[C@H](C)[C@@H](OC(=O)Cc2ccccc2)[C@H](C)[C@H]1OC1OC(C)CC(N(C)C)C1O. The quantitative estimate of drug-likeness (QED) is 0.200. The topological polar surface area (TPSA) is 148 Å². The summed E-state index contributed by atoms with van der Waals surface area (Å²) in [6.45, 7) is 14.6. The number of nitrogens with zero attached hydrogens (tertiary/aromatic N) is 1. The van der Waals surface area contributed by atoms with Gasteiger partial charge in [-0.2, -0.15) is 0 Å². The molecule has 4 unspecified atom stereocenters. The van der Waals surface area contributed by atoms with Gasteiger partial charge in [-0.25, -0.2) is 0 Å². The summed E-state index contributed by atoms with van der Waals surface area (Å²) < 4.78 is 30.5. The molecule has 2 aliphatic rings. The summed E-state index contributed by atoms with van der Waals surface area (Å²) in [5, 5.41) is 32.2. The molecule has 278 valence electrons. The van der Waals surface area contributed by atoms with Crippen LogP contribution in [0.4, 0.5) is 0 Å². The van der Waals surface area contributed by atoms with E-state index in [1.54, 1.807) is 27.9 Å². The Morgan fingerprint density at radius 1 is 1.06 bits per heavy atom. The molecule has 49 heavy (non-hydrogen) atoms. The molecule has 1 aromatic carbocycles. The molecule has 0 spiro atoms. The van der Waals surface area contributed by atoms with Crippen molar-refractivity contribution in [2.75, 3.05) is 21.2 Å². The first kappa shape index (κ1) is 41.7. The first-order valence-electron chi connectivity index (χ1n) is 17.3. The lowest BCUT2D eigenvalue weighted by Gasteiger charge is -2.48. The lowest BCUT2D eigenvalue weighted by atomic mass is 9.74. The van der Waals surface area contributed by atoms with E-state index >= 15 is 0 Å². The molecule has 2 heterocycles. The third-order valence-electron chi connectivity index (χ3n) is 10.8. The molecule has 0 aromatic heterocycles. The van der Waals surface area contributed by atoms with Crippen LogP contribution in [-0.4, -0.2) is 112 Å². The van der Waals surface area contributed by atoms with E-state index in [2.05, 4.69) is 22.6 Å². The molecule has 2 saturated heterocycles. The van der Waals surface area contributed by atoms with E-state index in [1.807, 2.05) is 83.9 Å². The Bertz CT molecular complexity index is 1270. The average molecular weight is 803 g/mol. The van der Waals surface area contributed by atoms with Crippen molar-refractivity contribution in [3.8, 4) is 0 Å². The second-order valence-corrected chi connectivity index (χ2v) is 17.3. The number of benzene rings is 1. The zero-order chi connectivity index (χ0) is 37.0. The van der Waals surface area contributed by atoms with Crippen molar-refractivity contribution in [3.05, 3.63) is 35.9 Å². The van der Waals surface area contributed by atoms with E-state index in [0.29, 0.717) is 18.6 Å². The standard InChI is InChI=1S/C37H59IN2O9/c1-20-19-36(7,45-11)33(49-35-30(42)27(40(9)10)17-21(2)46-35)23(4)31(48-28(41)18-26-15-13-12-14-16-26)24(5)34(44)47-25(6)37(8,38)32(43)22(3)29(20)39/h12-16,20-25,27,30-33,35,39,42-43H,17-19H2,1-11H3/t20-,21?,22+,23+,24-,25-,27?,30?,31+,32-,33-,35?,36-,37-/m1/s1. The highest BCUT2D eigenvalue weighted by Gasteiger charge is 2.52. The average Bonchev–Trinajstić information content (AvgIpc) is 3.05. The molecule has 3 N–H and O–H groups in total. The molecule has 0 bridgehead atoms. The number of aliphatic hydroxyl groups is 2. The number of alkyl halides is 1. The van der Waals surface area contributed by atoms with Crippen molar-refractivity contribution in [1.29, 1.82) is 5.41 Å². The lowest BCUT2D eigenvalue weighted by Crippen LogP contribution is -2.60. The number of likely N-dealkylation sites (N-methyl/N-ethyl adjacent to an activating group) is 1. The first-order chi connectivity index (χ1) is 22.7. The number of methoxy groups -OCH3 is 1. The Balaban J connectivity index is 2.16. The Morgan fingerprint density at radius 3 is 2.24 bits per heavy atom. The number of hydrogen-bond acceptors (Lipinski definition) is 11. The molecule has 0 amide bonds. The number of aliphatic hydroxyl groups excluding tert-OH is 2. The van der Waals surface area contributed by atoms with Crippen molar-refractivity contribution in [3.63, 3.8) is 0 Å². The van der Waals surface area contributed by atoms with Gasteiger partial charge in [-0.05, 0) is 73.0 Å². The minimum atomic E-state index is -1.13. The summed E-state index contributed by atoms with van der Waals surface area (Å²) in [5.41, 5.74) is -0.0561. The molecule has 0 radical (unpaired) electrons. The Hall–Kier alpha value is -1.68. The van der Waals surface area contributed by atoms with E-state index in [1.165, 1.54) is 0 Å². The van der Waals surface area contributed by atoms with Crippen LogP contribution in [0.3, 0.4) is 0 Å². The predicted molar refractivity (Wildman–Crippen MR) is 196 cm³/mol. The van der Waals surface area contributed by atoms with Crippen LogP contribution in [0, 0.1) is 29.1 Å². The highest BCUT2D eigenvalue weighted by atomic mass is 127. The van der Waals surface area contributed by atoms with E-state index in [0.717, 1.165) is 5.56 Å². The maximum Gasteiger partial charge on any atom is 0.312 e. The zero-order valence-electron chi connectivity index (χ0n) is 31.0. The van der Waals surface area contributed by atoms with Crippen LogP contribution < -0.4 is 0 Å². The molecule has 0 saturated carbocycles. The minimum absolute atomic E-state index is 0.00806. The summed E-state index contributed by atoms with van der Waals surface area (Å²) in [4.78, 5) is 29.4. The van der Waals surface area contributed by atoms with Gasteiger partial charge in [0.05, 0.1) is 39.7 Å². The summed E-state index contributed by atoms with van der Waals surface area (Å²) in [6.07, 6.45) is -5.12. The number of ether oxygens (including phenoxy) is 5. The predicted octanol–water partition coefficient (Wildman–Crippen LogP) is 4.81. The van der Waals surface area contributed by atoms with Gasteiger partial charge >= 0.3 is 11.9 Å². The highest BCUT2D eigenvalue weighted by molar-refractivity contribution is 14.1. The lowest BCUT2D eigenvalue weighted by molar-refractivity contribution is -0.301. The maximum absolute atomic E-state index is 13.9. The zero-order valence-corrected chi connectivity index (χ0v) is 33.2. The summed E-state index contributed by atoms with van der Waals surface area (Å²) in [5.74, 6) is -3.70. The molecule has 0 aliphatic carbocycles. The molecule has 2 aliphatic heterocycles. The number of cyclic esters (lactones) is 1. The van der Waals surface area contributed by atoms with Crippen molar-refractivity contribution in [1.82, 2.24) is 4.90 Å². The smallest absolute Gasteiger partial charge is 0.312 e. The fourth-order valence-corrected chi connectivity index (χ4v) is 8.00. The number of hydrogen-bond donors (Lipinski definition) is 3. The van der Waals surface area contributed by atoms with Gasteiger partial charge in [0.1, 0.15) is 18.3 Å². The van der Waals surface area contributed by atoms with Crippen LogP contribution in [-0.2, 0) is 39.7 Å². The van der Waals surface area contributed by atoms with Crippen LogP contribution in [0.5, 0.6) is 0 Å². The van der Waals surface area contributed by atoms with Crippen LogP contribution >= 0.6 is 22.6 Å². The summed E-state index contributed by atoms with van der Waals surface area (Å²) in [7, 11) is 5.35. The van der Waals surface area contributed by atoms with Crippen LogP contribution in [0.25, 0.3) is 0 Å². The molecular formula is C37H59IN2O9. The van der Waals surface area contributed by atoms with Gasteiger partial charge < -0.3 is 44.2 Å². The Kier molecular flexibility index (Phi) is 14.7. The number of nitrogens with one attached hydrogen (secondary N) is 1. The molecule has 2 fully saturated rings. The molecule has 1 aromatic rings. The minimum Gasteiger partial charge on any atom is -0.461 e. The fourth-order valence-electron chi connectivity index (χ4n) is 7.33. The van der Waals surface area contributed by atoms with Gasteiger partial charge in [-0.15, -0.1) is 0 Å². The van der Waals surface area contributed by atoms with Crippen LogP contribution in [0.2, 0.25) is 0 Å². The second-order valence-electron chi connectivity index (χ2n) is 14.9. The number of carbonyl (C=O) groups is 2. The largest absolute Gasteiger partial charge is 0.461 e. The third kappa shape index (κ3) is 9.81. The van der Waals surface area contributed by atoms with Crippen LogP contribution in [0.15, 0.2) is 30.3 Å². The number of rotatable bonds is 7. The third-order valence-corrected chi connectivity index (χ3v) is 12.3. The van der Waals surface area contributed by atoms with Crippen molar-refractivity contribution in [2.24, 2.45) is 23.7 Å². The monoisotopic (exact) mass is 802 g/mol. The molecule has 11 nitrogen and oxygen atoms in total. The maximum atomic E-state index is 13.9. The Morgan fingerprint density at radius 2 is 1.67 bits per heavy atom. The summed E-state index contributed by atoms with van der Waals surface area (Å²) >= 11 is 2.11. The fraction of sp³-hybridized carbons (Fsp3) is 0.757. The second kappa shape index (κ2) is 17.2. The Labute approximate surface area is 306 Å². The van der Waals surface area contributed by atoms with Gasteiger partial charge in [-0.1, -0.05) is 73.7 Å². The number of carbonyl (C=O) groups excluding carboxylic acids is 2. The highest BCUT2D eigenvalue weighted by Crippen LogP contribution is 2.41. The molecule has 14 atom stereocenters. The van der Waals surface area contributed by atoms with Gasteiger partial charge in [0.2, 0.25) is 0 Å². The summed E-state index contributed by atoms with van der Waals surface area (Å²) in [6, 6.07) is 8.97. The molecule has 12 heteroatoms. The van der Waals surface area contributed by atoms with E-state index in [-0.39, 0.29) is 24.5 Å². The van der Waals surface area contributed by atoms with E-state index < -0.39 is 75.5 Å². The normalized spacial score (nSPS) is 41.5. The van der Waals surface area contributed by atoms with Gasteiger partial charge in [-0.3, -0.25) is 9.59 Å². The van der Waals surface area contributed by atoms with E-state index in [4.69, 9.17) is 29.1 Å². The van der Waals surface area contributed by atoms with Crippen molar-refractivity contribution < 1.29 is 43.5 Å². The molecular weight excluding hydrogens is 743 g/mol. The first-order valence-corrected chi connectivity index (χ1v) is 18.4. The van der Waals surface area contributed by atoms with Crippen LogP contribution in [0.1, 0.15) is 73.8 Å². The van der Waals surface area contributed by atoms with Gasteiger partial charge in [0, 0.05) is 30.7 Å². The van der Waals surface area contributed by atoms with Crippen molar-refractivity contribution >= 4 is 40.2 Å². The molecule has 3 rings (SSSR count). The number of esters is 2. The van der Waals surface area contributed by atoms with Gasteiger partial charge in [0.25, 0.3) is 0 Å². The number of halogens is 1. The van der Waals surface area contributed by atoms with E-state index in [9.17, 15) is 19.8 Å². The van der Waals surface area contributed by atoms with Crippen molar-refractivity contribution in [2.45, 2.75) is 133 Å². The van der Waals surface area contributed by atoms with Gasteiger partial charge in [0.15, 0.2) is 6.29 Å².